The molecule has 10 rings (SSSR count). The summed E-state index contributed by atoms with van der Waals surface area (Å²) >= 11 is 1.69. The molecule has 248 valence electrons. The van der Waals surface area contributed by atoms with E-state index in [2.05, 4.69) is 140 Å². The van der Waals surface area contributed by atoms with Crippen LogP contribution in [0.1, 0.15) is 0 Å². The maximum atomic E-state index is 5.17. The predicted octanol–water partition coefficient (Wildman–Crippen LogP) is 12.2. The second-order valence-electron chi connectivity index (χ2n) is 12.9. The fourth-order valence-corrected chi connectivity index (χ4v) is 7.91. The van der Waals surface area contributed by atoms with Gasteiger partial charge in [-0.15, -0.1) is 11.3 Å². The number of aromatic nitrogens is 5. The molecule has 0 aliphatic heterocycles. The van der Waals surface area contributed by atoms with E-state index in [1.807, 2.05) is 36.4 Å². The van der Waals surface area contributed by atoms with Crippen molar-refractivity contribution in [3.8, 4) is 67.5 Å². The van der Waals surface area contributed by atoms with E-state index in [-0.39, 0.29) is 0 Å². The van der Waals surface area contributed by atoms with E-state index in [0.29, 0.717) is 17.5 Å². The molecule has 0 saturated heterocycles. The van der Waals surface area contributed by atoms with Gasteiger partial charge in [0.05, 0.1) is 11.0 Å². The summed E-state index contributed by atoms with van der Waals surface area (Å²) in [7, 11) is 0. The lowest BCUT2D eigenvalue weighted by Gasteiger charge is -2.11. The highest BCUT2D eigenvalue weighted by molar-refractivity contribution is 7.25. The number of thiophene rings is 1. The van der Waals surface area contributed by atoms with Crippen LogP contribution in [-0.4, -0.2) is 24.9 Å². The molecule has 53 heavy (non-hydrogen) atoms. The van der Waals surface area contributed by atoms with Crippen LogP contribution in [0.2, 0.25) is 0 Å². The Morgan fingerprint density at radius 1 is 0.321 bits per heavy atom. The van der Waals surface area contributed by atoms with Crippen LogP contribution in [0.5, 0.6) is 0 Å². The third kappa shape index (κ3) is 5.81. The largest absolute Gasteiger partial charge is 0.243 e. The predicted molar refractivity (Wildman–Crippen MR) is 218 cm³/mol. The average Bonchev–Trinajstić information content (AvgIpc) is 3.60. The van der Waals surface area contributed by atoms with Crippen molar-refractivity contribution in [2.45, 2.75) is 0 Å². The van der Waals surface area contributed by atoms with Crippen LogP contribution in [0.25, 0.3) is 99.0 Å². The number of benzene rings is 7. The molecule has 0 unspecified atom stereocenters. The number of para-hydroxylation sites is 1. The molecule has 3 aromatic heterocycles. The van der Waals surface area contributed by atoms with Gasteiger partial charge < -0.3 is 0 Å². The second kappa shape index (κ2) is 13.0. The number of rotatable bonds is 6. The van der Waals surface area contributed by atoms with Gasteiger partial charge in [-0.1, -0.05) is 152 Å². The molecule has 0 radical (unpaired) electrons. The zero-order valence-electron chi connectivity index (χ0n) is 28.4. The van der Waals surface area contributed by atoms with Gasteiger partial charge >= 0.3 is 0 Å². The lowest BCUT2D eigenvalue weighted by Crippen LogP contribution is -2.00. The van der Waals surface area contributed by atoms with Gasteiger partial charge in [-0.05, 0) is 52.1 Å². The third-order valence-corrected chi connectivity index (χ3v) is 10.6. The molecule has 3 heterocycles. The molecule has 5 nitrogen and oxygen atoms in total. The molecule has 0 atom stereocenters. The van der Waals surface area contributed by atoms with Crippen LogP contribution in [0, 0.1) is 0 Å². The van der Waals surface area contributed by atoms with Gasteiger partial charge in [-0.2, -0.15) is 0 Å². The SMILES string of the molecule is c1ccc(-c2ccc(-c3nc(-c4ccccc4)nc(-c4cccc(-c5cccc(-c6cccc7nc8c(nc67)sc6ccccc68)c5)c4)n3)cc2)cc1. The van der Waals surface area contributed by atoms with Gasteiger partial charge in [0, 0.05) is 32.3 Å². The van der Waals surface area contributed by atoms with Crippen LogP contribution >= 0.6 is 11.3 Å². The Labute approximate surface area is 310 Å². The minimum Gasteiger partial charge on any atom is -0.243 e. The molecule has 0 aliphatic carbocycles. The monoisotopic (exact) mass is 695 g/mol. The molecule has 0 amide bonds. The summed E-state index contributed by atoms with van der Waals surface area (Å²) in [5.74, 6) is 1.89. The van der Waals surface area contributed by atoms with Crippen molar-refractivity contribution in [1.82, 2.24) is 24.9 Å². The standard InChI is InChI=1S/C47H29N5S/c1-3-12-30(13-4-1)31-24-26-33(27-25-31)45-50-44(32-14-5-2-6-15-32)51-46(52-45)37-19-10-17-35(29-37)34-16-9-18-36(28-34)38-21-11-22-40-42(38)49-47-43(48-40)39-20-7-8-23-41(39)53-47/h1-29H. The minimum absolute atomic E-state index is 0.621. The summed E-state index contributed by atoms with van der Waals surface area (Å²) in [6.45, 7) is 0. The van der Waals surface area contributed by atoms with Crippen molar-refractivity contribution in [1.29, 1.82) is 0 Å². The molecule has 0 fully saturated rings. The highest BCUT2D eigenvalue weighted by atomic mass is 32.1. The Hall–Kier alpha value is -6.89. The average molecular weight is 696 g/mol. The molecular formula is C47H29N5S. The topological polar surface area (TPSA) is 64.5 Å². The molecule has 6 heteroatoms. The minimum atomic E-state index is 0.621. The molecule has 0 bridgehead atoms. The quantitative estimate of drug-likeness (QED) is 0.173. The smallest absolute Gasteiger partial charge is 0.164 e. The number of hydrogen-bond donors (Lipinski definition) is 0. The lowest BCUT2D eigenvalue weighted by molar-refractivity contribution is 1.07. The Morgan fingerprint density at radius 3 is 1.57 bits per heavy atom. The highest BCUT2D eigenvalue weighted by Gasteiger charge is 2.15. The van der Waals surface area contributed by atoms with E-state index in [4.69, 9.17) is 24.9 Å². The number of nitrogens with zero attached hydrogens (tertiary/aromatic N) is 5. The summed E-state index contributed by atoms with van der Waals surface area (Å²) in [5, 5.41) is 1.15. The van der Waals surface area contributed by atoms with E-state index >= 15 is 0 Å². The normalized spacial score (nSPS) is 11.4. The van der Waals surface area contributed by atoms with E-state index in [1.165, 1.54) is 10.3 Å². The van der Waals surface area contributed by atoms with Crippen LogP contribution in [-0.2, 0) is 0 Å². The van der Waals surface area contributed by atoms with Crippen LogP contribution in [0.4, 0.5) is 0 Å². The summed E-state index contributed by atoms with van der Waals surface area (Å²) in [4.78, 5) is 26.2. The molecular weight excluding hydrogens is 667 g/mol. The Kier molecular flexibility index (Phi) is 7.59. The first-order chi connectivity index (χ1) is 26.2. The van der Waals surface area contributed by atoms with Crippen LogP contribution < -0.4 is 0 Å². The Bertz CT molecular complexity index is 2940. The zero-order valence-corrected chi connectivity index (χ0v) is 29.2. The van der Waals surface area contributed by atoms with E-state index < -0.39 is 0 Å². The molecule has 10 aromatic rings. The van der Waals surface area contributed by atoms with Gasteiger partial charge in [0.1, 0.15) is 10.3 Å². The van der Waals surface area contributed by atoms with Crippen molar-refractivity contribution in [2.75, 3.05) is 0 Å². The van der Waals surface area contributed by atoms with E-state index in [0.717, 1.165) is 71.3 Å². The molecule has 0 saturated carbocycles. The van der Waals surface area contributed by atoms with Crippen molar-refractivity contribution in [3.05, 3.63) is 176 Å². The second-order valence-corrected chi connectivity index (χ2v) is 14.0. The fraction of sp³-hybridized carbons (Fsp3) is 0. The van der Waals surface area contributed by atoms with Gasteiger partial charge in [0.25, 0.3) is 0 Å². The van der Waals surface area contributed by atoms with Crippen LogP contribution in [0.3, 0.4) is 0 Å². The third-order valence-electron chi connectivity index (χ3n) is 9.56. The molecule has 0 spiro atoms. The van der Waals surface area contributed by atoms with Crippen molar-refractivity contribution in [2.24, 2.45) is 0 Å². The first-order valence-corrected chi connectivity index (χ1v) is 18.3. The van der Waals surface area contributed by atoms with Gasteiger partial charge in [-0.25, -0.2) is 24.9 Å². The number of hydrogen-bond acceptors (Lipinski definition) is 6. The summed E-state index contributed by atoms with van der Waals surface area (Å²) < 4.78 is 1.20. The van der Waals surface area contributed by atoms with E-state index in [9.17, 15) is 0 Å². The van der Waals surface area contributed by atoms with Crippen molar-refractivity contribution in [3.63, 3.8) is 0 Å². The van der Waals surface area contributed by atoms with Crippen molar-refractivity contribution < 1.29 is 0 Å². The fourth-order valence-electron chi connectivity index (χ4n) is 6.89. The molecule has 0 N–H and O–H groups in total. The first-order valence-electron chi connectivity index (χ1n) is 17.5. The summed E-state index contributed by atoms with van der Waals surface area (Å²) in [6.07, 6.45) is 0. The van der Waals surface area contributed by atoms with E-state index in [1.54, 1.807) is 11.3 Å². The Morgan fingerprint density at radius 2 is 0.830 bits per heavy atom. The first kappa shape index (κ1) is 30.9. The maximum absolute atomic E-state index is 5.17. The summed E-state index contributed by atoms with van der Waals surface area (Å²) in [5.41, 5.74) is 12.1. The zero-order chi connectivity index (χ0) is 35.1. The van der Waals surface area contributed by atoms with Crippen molar-refractivity contribution >= 4 is 42.8 Å². The van der Waals surface area contributed by atoms with Crippen LogP contribution in [0.15, 0.2) is 176 Å². The van der Waals surface area contributed by atoms with Gasteiger partial charge in [0.2, 0.25) is 0 Å². The highest BCUT2D eigenvalue weighted by Crippen LogP contribution is 2.36. The summed E-state index contributed by atoms with van der Waals surface area (Å²) in [6, 6.07) is 60.6. The molecule has 0 aliphatic rings. The van der Waals surface area contributed by atoms with Gasteiger partial charge in [0.15, 0.2) is 17.5 Å². The number of fused-ring (bicyclic) bond motifs is 4. The Balaban J connectivity index is 1.04. The lowest BCUT2D eigenvalue weighted by atomic mass is 9.97. The maximum Gasteiger partial charge on any atom is 0.164 e. The van der Waals surface area contributed by atoms with Gasteiger partial charge in [-0.3, -0.25) is 0 Å². The molecule has 7 aromatic carbocycles.